The predicted octanol–water partition coefficient (Wildman–Crippen LogP) is 6.99. The van der Waals surface area contributed by atoms with E-state index in [2.05, 4.69) is 81.1 Å². The van der Waals surface area contributed by atoms with Crippen LogP contribution in [0.1, 0.15) is 33.4 Å². The van der Waals surface area contributed by atoms with E-state index in [1.807, 2.05) is 121 Å². The molecule has 6 saturated heterocycles. The molecule has 0 unspecified atom stereocenters. The molecule has 90 heavy (non-hydrogen) atoms. The molecular formula is C74H76N8O8. The van der Waals surface area contributed by atoms with Crippen molar-refractivity contribution in [2.75, 3.05) is 52.4 Å². The molecule has 3 saturated carbocycles. The van der Waals surface area contributed by atoms with Crippen molar-refractivity contribution in [1.29, 1.82) is 0 Å². The molecular weight excluding hydrogens is 1130 g/mol. The van der Waals surface area contributed by atoms with Gasteiger partial charge < -0.3 is 10.6 Å². The lowest BCUT2D eigenvalue weighted by Gasteiger charge is -2.43. The van der Waals surface area contributed by atoms with Gasteiger partial charge in [-0.25, -0.2) is 0 Å². The number of carbonyl (C=O) groups is 8. The number of hydrogen-bond donors (Lipinski definition) is 2. The quantitative estimate of drug-likeness (QED) is 0.120. The fraction of sp³-hybridized carbons (Fsp3) is 0.351. The van der Waals surface area contributed by atoms with E-state index in [0.717, 1.165) is 82.7 Å². The van der Waals surface area contributed by atoms with Crippen LogP contribution in [0.5, 0.6) is 0 Å². The minimum absolute atomic E-state index is 0.182. The lowest BCUT2D eigenvalue weighted by molar-refractivity contribution is -0.146. The third-order valence-electron chi connectivity index (χ3n) is 20.6. The number of likely N-dealkylation sites (tertiary alicyclic amines) is 4. The van der Waals surface area contributed by atoms with Crippen LogP contribution in [0.2, 0.25) is 0 Å². The molecule has 16 nitrogen and oxygen atoms in total. The van der Waals surface area contributed by atoms with Crippen molar-refractivity contribution in [3.05, 3.63) is 240 Å². The van der Waals surface area contributed by atoms with E-state index in [4.69, 9.17) is 0 Å². The molecule has 11 aliphatic rings. The number of imide groups is 4. The zero-order valence-corrected chi connectivity index (χ0v) is 50.4. The first-order valence-corrected chi connectivity index (χ1v) is 31.8. The van der Waals surface area contributed by atoms with Crippen molar-refractivity contribution in [2.45, 2.75) is 39.3 Å². The molecule has 17 rings (SSSR count). The summed E-state index contributed by atoms with van der Waals surface area (Å²) in [6, 6.07) is 59.3. The highest BCUT2D eigenvalue weighted by Crippen LogP contribution is 2.57. The molecule has 0 atom stereocenters. The summed E-state index contributed by atoms with van der Waals surface area (Å²) in [5.74, 6) is 2.94. The molecule has 3 aliphatic carbocycles. The van der Waals surface area contributed by atoms with Gasteiger partial charge in [-0.2, -0.15) is 0 Å². The van der Waals surface area contributed by atoms with E-state index in [1.54, 1.807) is 0 Å². The fourth-order valence-corrected chi connectivity index (χ4v) is 16.1. The summed E-state index contributed by atoms with van der Waals surface area (Å²) in [7, 11) is 0. The number of hydrogen-bond acceptors (Lipinski definition) is 12. The van der Waals surface area contributed by atoms with Crippen molar-refractivity contribution in [1.82, 2.24) is 40.0 Å². The Morgan fingerprint density at radius 1 is 0.256 bits per heavy atom. The van der Waals surface area contributed by atoms with Crippen LogP contribution in [0.15, 0.2) is 206 Å². The topological polar surface area (TPSA) is 180 Å². The average molecular weight is 1210 g/mol. The van der Waals surface area contributed by atoms with E-state index >= 15 is 0 Å². The van der Waals surface area contributed by atoms with Crippen LogP contribution in [0, 0.1) is 71.0 Å². The number of nitrogens with zero attached hydrogens (tertiary/aromatic N) is 6. The fourth-order valence-electron chi connectivity index (χ4n) is 16.1. The van der Waals surface area contributed by atoms with Crippen molar-refractivity contribution < 1.29 is 38.4 Å². The maximum atomic E-state index is 12.9. The number of benzene rings is 6. The summed E-state index contributed by atoms with van der Waals surface area (Å²) < 4.78 is 0. The highest BCUT2D eigenvalue weighted by atomic mass is 16.2. The number of amides is 8. The minimum atomic E-state index is -0.696. The van der Waals surface area contributed by atoms with E-state index in [0.29, 0.717) is 13.1 Å². The van der Waals surface area contributed by atoms with Crippen molar-refractivity contribution in [3.8, 4) is 0 Å². The van der Waals surface area contributed by atoms with Gasteiger partial charge in [-0.3, -0.25) is 67.8 Å². The predicted molar refractivity (Wildman–Crippen MR) is 337 cm³/mol. The van der Waals surface area contributed by atoms with Gasteiger partial charge in [0, 0.05) is 63.6 Å². The maximum absolute atomic E-state index is 12.9. The van der Waals surface area contributed by atoms with Crippen molar-refractivity contribution in [2.24, 2.45) is 71.0 Å². The second-order valence-electron chi connectivity index (χ2n) is 25.7. The Balaban J connectivity index is 0.000000108. The van der Waals surface area contributed by atoms with Crippen LogP contribution < -0.4 is 10.6 Å². The van der Waals surface area contributed by atoms with Crippen molar-refractivity contribution >= 4 is 47.3 Å². The number of carbonyl (C=O) groups excluding carboxylic acids is 8. The SMILES string of the molecule is C1NCC2C1C1CNCC21.O=C1C2C(C(=O)N1Cc1ccccc1)C1C(=O)N(Cc3ccccc3)C(=O)C21.O=C1C=CC(=O)N1Cc1ccccc1.O=C1C=CC(=O)N1Cc1ccccc1.c1ccc(CN2CC3C(C2)C2CN(Cc4ccccc4)CC32)cc1. The highest BCUT2D eigenvalue weighted by Gasteiger charge is 2.73. The van der Waals surface area contributed by atoms with Gasteiger partial charge in [-0.15, -0.1) is 0 Å². The molecule has 8 aliphatic heterocycles. The first-order chi connectivity index (χ1) is 43.9. The molecule has 8 amide bonds. The van der Waals surface area contributed by atoms with Crippen LogP contribution in [0.25, 0.3) is 0 Å². The van der Waals surface area contributed by atoms with Gasteiger partial charge in [0.1, 0.15) is 0 Å². The van der Waals surface area contributed by atoms with E-state index < -0.39 is 23.7 Å². The van der Waals surface area contributed by atoms with Crippen LogP contribution in [-0.4, -0.2) is 129 Å². The van der Waals surface area contributed by atoms with Crippen molar-refractivity contribution in [3.63, 3.8) is 0 Å². The monoisotopic (exact) mass is 1200 g/mol. The Morgan fingerprint density at radius 2 is 0.456 bits per heavy atom. The number of nitrogens with one attached hydrogen (secondary N) is 2. The average Bonchev–Trinajstić information content (AvgIpc) is 1.53. The second-order valence-corrected chi connectivity index (χ2v) is 25.7. The Labute approximate surface area is 525 Å². The zero-order chi connectivity index (χ0) is 61.8. The zero-order valence-electron chi connectivity index (χ0n) is 50.4. The largest absolute Gasteiger partial charge is 0.316 e. The minimum Gasteiger partial charge on any atom is -0.316 e. The summed E-state index contributed by atoms with van der Waals surface area (Å²) in [4.78, 5) is 107. The highest BCUT2D eigenvalue weighted by molar-refractivity contribution is 6.18. The molecule has 0 spiro atoms. The molecule has 6 aromatic carbocycles. The Kier molecular flexibility index (Phi) is 17.9. The van der Waals surface area contributed by atoms with Crippen LogP contribution in [-0.2, 0) is 77.6 Å². The Morgan fingerprint density at radius 3 is 0.678 bits per heavy atom. The third kappa shape index (κ3) is 12.5. The molecule has 2 N–H and O–H groups in total. The van der Waals surface area contributed by atoms with Gasteiger partial charge in [0.2, 0.25) is 23.6 Å². The Hall–Kier alpha value is -8.80. The second kappa shape index (κ2) is 26.7. The molecule has 0 aromatic heterocycles. The van der Waals surface area contributed by atoms with E-state index in [1.165, 1.54) is 107 Å². The lowest BCUT2D eigenvalue weighted by atomic mass is 9.59. The lowest BCUT2D eigenvalue weighted by Crippen LogP contribution is -2.50. The first kappa shape index (κ1) is 60.1. The molecule has 6 aromatic rings. The van der Waals surface area contributed by atoms with Crippen LogP contribution in [0.4, 0.5) is 0 Å². The summed E-state index contributed by atoms with van der Waals surface area (Å²) in [5, 5.41) is 6.97. The van der Waals surface area contributed by atoms with Crippen LogP contribution >= 0.6 is 0 Å². The van der Waals surface area contributed by atoms with E-state index in [9.17, 15) is 38.4 Å². The molecule has 460 valence electrons. The van der Waals surface area contributed by atoms with Crippen LogP contribution in [0.3, 0.4) is 0 Å². The van der Waals surface area contributed by atoms with Gasteiger partial charge in [0.05, 0.1) is 49.9 Å². The van der Waals surface area contributed by atoms with Gasteiger partial charge in [0.15, 0.2) is 0 Å². The summed E-state index contributed by atoms with van der Waals surface area (Å²) >= 11 is 0. The number of rotatable bonds is 12. The summed E-state index contributed by atoms with van der Waals surface area (Å²) in [6.07, 6.45) is 5.19. The molecule has 0 bridgehead atoms. The molecule has 8 heterocycles. The first-order valence-electron chi connectivity index (χ1n) is 31.8. The third-order valence-corrected chi connectivity index (χ3v) is 20.6. The summed E-state index contributed by atoms with van der Waals surface area (Å²) in [6.45, 7) is 13.8. The van der Waals surface area contributed by atoms with Gasteiger partial charge in [-0.05, 0) is 107 Å². The maximum Gasteiger partial charge on any atom is 0.253 e. The van der Waals surface area contributed by atoms with Gasteiger partial charge in [-0.1, -0.05) is 182 Å². The number of fused-ring (bicyclic) bond motifs is 12. The normalized spacial score (nSPS) is 28.6. The molecule has 16 heteroatoms. The van der Waals surface area contributed by atoms with Gasteiger partial charge in [0.25, 0.3) is 23.6 Å². The van der Waals surface area contributed by atoms with Gasteiger partial charge >= 0.3 is 0 Å². The smallest absolute Gasteiger partial charge is 0.253 e. The standard InChI is InChI=1S/C22H18N2O4.C22H26N2.2C11H9NO2.C8H14N2/c25-19-15-16(20(26)23(19)11-13-7-3-1-4-8-13)18-17(15)21(27)24(22(18)28)12-14-9-5-2-6-10-14;1-3-7-17(8-4-1)11-23-13-19-20(14-23)22-16-24(15-21(19)22)12-18-9-5-2-6-10-18;2*13-10-6-7-11(14)12(10)8-9-4-2-1-3-5-9;1-5-6(2-9-1)8-4-10-3-7(5)8/h1-10,15-18H,11-12H2;1-10,19-22H,11-16H2;2*1-7H,8H2;5-10H,1-4H2. The Bertz CT molecular complexity index is 3290. The molecule has 0 radical (unpaired) electrons. The van der Waals surface area contributed by atoms with E-state index in [-0.39, 0.29) is 60.3 Å². The summed E-state index contributed by atoms with van der Waals surface area (Å²) in [5.41, 5.74) is 6.54. The molecule has 9 fully saturated rings.